The molecule has 1 heterocycles. The molecule has 0 amide bonds. The van der Waals surface area contributed by atoms with Gasteiger partial charge in [0.2, 0.25) is 5.95 Å². The summed E-state index contributed by atoms with van der Waals surface area (Å²) in [6.45, 7) is 0.543. The maximum absolute atomic E-state index is 13.6. The molecule has 7 heteroatoms. The summed E-state index contributed by atoms with van der Waals surface area (Å²) in [5.74, 6) is 1.52. The summed E-state index contributed by atoms with van der Waals surface area (Å²) in [5, 5.41) is 14.1. The van der Waals surface area contributed by atoms with Crippen LogP contribution in [0.15, 0.2) is 54.7 Å². The molecule has 3 rings (SSSR count). The van der Waals surface area contributed by atoms with Crippen molar-refractivity contribution in [2.75, 3.05) is 24.3 Å². The number of rotatable bonds is 7. The Labute approximate surface area is 145 Å². The van der Waals surface area contributed by atoms with Gasteiger partial charge in [0.25, 0.3) is 0 Å². The Hall–Kier alpha value is -3.22. The second-order valence-corrected chi connectivity index (χ2v) is 5.29. The fourth-order valence-electron chi connectivity index (χ4n) is 2.27. The Balaban J connectivity index is 1.58. The highest BCUT2D eigenvalue weighted by molar-refractivity contribution is 5.55. The summed E-state index contributed by atoms with van der Waals surface area (Å²) in [7, 11) is 1.62. The van der Waals surface area contributed by atoms with Crippen LogP contribution in [0.1, 0.15) is 5.56 Å². The number of ether oxygens (including phenoxy) is 1. The highest BCUT2D eigenvalue weighted by atomic mass is 19.1. The van der Waals surface area contributed by atoms with Crippen molar-refractivity contribution >= 4 is 17.5 Å². The number of anilines is 3. The van der Waals surface area contributed by atoms with Crippen LogP contribution in [-0.4, -0.2) is 28.8 Å². The molecule has 0 atom stereocenters. The topological polar surface area (TPSA) is 72.0 Å². The van der Waals surface area contributed by atoms with E-state index in [4.69, 9.17) is 4.74 Å². The van der Waals surface area contributed by atoms with E-state index in [0.29, 0.717) is 30.3 Å². The van der Waals surface area contributed by atoms with Crippen LogP contribution in [0.3, 0.4) is 0 Å². The van der Waals surface area contributed by atoms with Crippen molar-refractivity contribution in [1.82, 2.24) is 15.2 Å². The van der Waals surface area contributed by atoms with Gasteiger partial charge in [-0.1, -0.05) is 18.2 Å². The minimum Gasteiger partial charge on any atom is -0.497 e. The summed E-state index contributed by atoms with van der Waals surface area (Å²) in [5.41, 5.74) is 1.49. The lowest BCUT2D eigenvalue weighted by atomic mass is 10.1. The van der Waals surface area contributed by atoms with Gasteiger partial charge in [0.1, 0.15) is 11.6 Å². The lowest BCUT2D eigenvalue weighted by molar-refractivity contribution is 0.415. The molecule has 0 unspecified atom stereocenters. The van der Waals surface area contributed by atoms with Crippen molar-refractivity contribution < 1.29 is 9.13 Å². The van der Waals surface area contributed by atoms with Gasteiger partial charge in [-0.3, -0.25) is 0 Å². The summed E-state index contributed by atoms with van der Waals surface area (Å²) >= 11 is 0. The van der Waals surface area contributed by atoms with Crippen molar-refractivity contribution in [2.45, 2.75) is 6.42 Å². The molecule has 0 fully saturated rings. The molecule has 0 aliphatic rings. The Kier molecular flexibility index (Phi) is 5.36. The monoisotopic (exact) mass is 339 g/mol. The van der Waals surface area contributed by atoms with Crippen LogP contribution in [0.5, 0.6) is 5.75 Å². The van der Waals surface area contributed by atoms with Crippen LogP contribution in [0.4, 0.5) is 21.8 Å². The quantitative estimate of drug-likeness (QED) is 0.687. The Morgan fingerprint density at radius 3 is 2.64 bits per heavy atom. The van der Waals surface area contributed by atoms with Crippen LogP contribution in [0.2, 0.25) is 0 Å². The van der Waals surface area contributed by atoms with Gasteiger partial charge in [0, 0.05) is 12.2 Å². The number of methoxy groups -OCH3 is 1. The number of hydrogen-bond donors (Lipinski definition) is 2. The lowest BCUT2D eigenvalue weighted by Gasteiger charge is -2.08. The van der Waals surface area contributed by atoms with Crippen LogP contribution < -0.4 is 15.4 Å². The van der Waals surface area contributed by atoms with Crippen LogP contribution in [0, 0.1) is 5.82 Å². The first-order valence-electron chi connectivity index (χ1n) is 7.82. The van der Waals surface area contributed by atoms with Crippen LogP contribution in [-0.2, 0) is 6.42 Å². The molecule has 0 spiro atoms. The third-order valence-corrected chi connectivity index (χ3v) is 3.56. The maximum Gasteiger partial charge on any atom is 0.249 e. The van der Waals surface area contributed by atoms with Crippen molar-refractivity contribution in [3.63, 3.8) is 0 Å². The second kappa shape index (κ2) is 8.05. The molecule has 0 aliphatic heterocycles. The summed E-state index contributed by atoms with van der Waals surface area (Å²) < 4.78 is 18.7. The van der Waals surface area contributed by atoms with Crippen LogP contribution >= 0.6 is 0 Å². The molecule has 3 aromatic rings. The van der Waals surface area contributed by atoms with Gasteiger partial charge in [-0.2, -0.15) is 10.1 Å². The number of hydrogen-bond acceptors (Lipinski definition) is 6. The lowest BCUT2D eigenvalue weighted by Crippen LogP contribution is -2.09. The van der Waals surface area contributed by atoms with Gasteiger partial charge < -0.3 is 15.4 Å². The molecule has 0 radical (unpaired) electrons. The number of aromatic nitrogens is 3. The zero-order valence-corrected chi connectivity index (χ0v) is 13.7. The zero-order chi connectivity index (χ0) is 17.5. The van der Waals surface area contributed by atoms with E-state index in [0.717, 1.165) is 11.4 Å². The largest absolute Gasteiger partial charge is 0.497 e. The van der Waals surface area contributed by atoms with Crippen molar-refractivity contribution in [2.24, 2.45) is 0 Å². The number of nitrogens with zero attached hydrogens (tertiary/aromatic N) is 3. The molecule has 128 valence electrons. The highest BCUT2D eigenvalue weighted by Gasteiger charge is 2.03. The average Bonchev–Trinajstić information content (AvgIpc) is 2.64. The fraction of sp³-hybridized carbons (Fsp3) is 0.167. The standard InChI is InChI=1S/C18H18FN5O/c1-25-15-8-6-14(7-9-15)22-18-23-17(12-21-24-18)20-11-10-13-4-2-3-5-16(13)19/h2-9,12H,10-11H2,1H3,(H2,20,22,23,24). The minimum atomic E-state index is -0.202. The predicted octanol–water partition coefficient (Wildman–Crippen LogP) is 3.42. The van der Waals surface area contributed by atoms with Crippen molar-refractivity contribution in [3.05, 3.63) is 66.1 Å². The van der Waals surface area contributed by atoms with E-state index in [1.165, 1.54) is 12.3 Å². The van der Waals surface area contributed by atoms with Gasteiger partial charge in [-0.05, 0) is 42.3 Å². The molecule has 0 aliphatic carbocycles. The van der Waals surface area contributed by atoms with E-state index in [9.17, 15) is 4.39 Å². The molecule has 25 heavy (non-hydrogen) atoms. The third kappa shape index (κ3) is 4.63. The maximum atomic E-state index is 13.6. The molecule has 0 saturated heterocycles. The first kappa shape index (κ1) is 16.6. The zero-order valence-electron chi connectivity index (χ0n) is 13.7. The van der Waals surface area contributed by atoms with Gasteiger partial charge >= 0.3 is 0 Å². The first-order valence-corrected chi connectivity index (χ1v) is 7.82. The highest BCUT2D eigenvalue weighted by Crippen LogP contribution is 2.18. The molecule has 2 N–H and O–H groups in total. The number of nitrogens with one attached hydrogen (secondary N) is 2. The van der Waals surface area contributed by atoms with Gasteiger partial charge in [0.15, 0.2) is 5.82 Å². The first-order chi connectivity index (χ1) is 12.2. The van der Waals surface area contributed by atoms with E-state index >= 15 is 0 Å². The molecule has 0 saturated carbocycles. The van der Waals surface area contributed by atoms with E-state index < -0.39 is 0 Å². The summed E-state index contributed by atoms with van der Waals surface area (Å²) in [6, 6.07) is 14.1. The third-order valence-electron chi connectivity index (χ3n) is 3.56. The Bertz CT molecular complexity index is 826. The van der Waals surface area contributed by atoms with Crippen molar-refractivity contribution in [3.8, 4) is 5.75 Å². The van der Waals surface area contributed by atoms with E-state index in [2.05, 4.69) is 25.8 Å². The predicted molar refractivity (Wildman–Crippen MR) is 94.7 cm³/mol. The summed E-state index contributed by atoms with van der Waals surface area (Å²) in [4.78, 5) is 4.34. The number of benzene rings is 2. The molecule has 6 nitrogen and oxygen atoms in total. The van der Waals surface area contributed by atoms with Crippen LogP contribution in [0.25, 0.3) is 0 Å². The smallest absolute Gasteiger partial charge is 0.249 e. The minimum absolute atomic E-state index is 0.202. The van der Waals surface area contributed by atoms with Gasteiger partial charge in [0.05, 0.1) is 13.3 Å². The van der Waals surface area contributed by atoms with Crippen molar-refractivity contribution in [1.29, 1.82) is 0 Å². The molecular formula is C18H18FN5O. The number of halogens is 1. The molecule has 1 aromatic heterocycles. The summed E-state index contributed by atoms with van der Waals surface area (Å²) in [6.07, 6.45) is 2.08. The second-order valence-electron chi connectivity index (χ2n) is 5.29. The van der Waals surface area contributed by atoms with E-state index in [-0.39, 0.29) is 5.82 Å². The molecule has 0 bridgehead atoms. The Morgan fingerprint density at radius 1 is 1.08 bits per heavy atom. The Morgan fingerprint density at radius 2 is 1.88 bits per heavy atom. The van der Waals surface area contributed by atoms with E-state index in [1.807, 2.05) is 30.3 Å². The average molecular weight is 339 g/mol. The van der Waals surface area contributed by atoms with E-state index in [1.54, 1.807) is 19.2 Å². The molecular weight excluding hydrogens is 321 g/mol. The normalized spacial score (nSPS) is 10.3. The fourth-order valence-corrected chi connectivity index (χ4v) is 2.27. The SMILES string of the molecule is COc1ccc(Nc2nncc(NCCc3ccccc3F)n2)cc1. The van der Waals surface area contributed by atoms with Gasteiger partial charge in [-0.15, -0.1) is 5.10 Å². The molecule has 2 aromatic carbocycles. The van der Waals surface area contributed by atoms with Gasteiger partial charge in [-0.25, -0.2) is 4.39 Å².